The maximum absolute atomic E-state index is 2.43. The van der Waals surface area contributed by atoms with Gasteiger partial charge in [0.15, 0.2) is 0 Å². The van der Waals surface area contributed by atoms with Crippen LogP contribution in [0.1, 0.15) is 47.5 Å². The molecule has 0 N–H and O–H groups in total. The van der Waals surface area contributed by atoms with Gasteiger partial charge in [0.1, 0.15) is 0 Å². The highest BCUT2D eigenvalue weighted by molar-refractivity contribution is 4.78. The summed E-state index contributed by atoms with van der Waals surface area (Å²) in [6, 6.07) is 0. The van der Waals surface area contributed by atoms with Crippen molar-refractivity contribution < 1.29 is 0 Å². The van der Waals surface area contributed by atoms with Crippen molar-refractivity contribution >= 4 is 0 Å². The van der Waals surface area contributed by atoms with E-state index < -0.39 is 0 Å². The van der Waals surface area contributed by atoms with Crippen molar-refractivity contribution in [3.8, 4) is 0 Å². The van der Waals surface area contributed by atoms with E-state index in [1.54, 1.807) is 0 Å². The lowest BCUT2D eigenvalue weighted by atomic mass is 9.84. The molecule has 0 nitrogen and oxygen atoms in total. The molecule has 0 aromatic heterocycles. The van der Waals surface area contributed by atoms with Crippen molar-refractivity contribution in [1.82, 2.24) is 0 Å². The number of rotatable bonds is 0. The molecule has 12 heavy (non-hydrogen) atoms. The number of hydrogen-bond donors (Lipinski definition) is 0. The summed E-state index contributed by atoms with van der Waals surface area (Å²) < 4.78 is 0. The van der Waals surface area contributed by atoms with E-state index in [-0.39, 0.29) is 0 Å². The first-order valence-corrected chi connectivity index (χ1v) is 5.52. The summed E-state index contributed by atoms with van der Waals surface area (Å²) in [4.78, 5) is 0. The van der Waals surface area contributed by atoms with E-state index in [0.717, 1.165) is 29.6 Å². The van der Waals surface area contributed by atoms with Gasteiger partial charge in [-0.25, -0.2) is 0 Å². The lowest BCUT2D eigenvalue weighted by molar-refractivity contribution is 0.277. The van der Waals surface area contributed by atoms with Gasteiger partial charge < -0.3 is 0 Å². The van der Waals surface area contributed by atoms with Crippen LogP contribution in [0.3, 0.4) is 0 Å². The summed E-state index contributed by atoms with van der Waals surface area (Å²) in [5.74, 6) is 4.66. The Balaban J connectivity index is 2.64. The first kappa shape index (κ1) is 10.1. The van der Waals surface area contributed by atoms with Crippen LogP contribution in [0.4, 0.5) is 0 Å². The molecule has 0 radical (unpaired) electrons. The van der Waals surface area contributed by atoms with Crippen LogP contribution in [0, 0.1) is 29.6 Å². The molecule has 4 atom stereocenters. The van der Waals surface area contributed by atoms with E-state index in [0.29, 0.717) is 0 Å². The summed E-state index contributed by atoms with van der Waals surface area (Å²) in [5.41, 5.74) is 0. The van der Waals surface area contributed by atoms with Gasteiger partial charge in [-0.3, -0.25) is 0 Å². The summed E-state index contributed by atoms with van der Waals surface area (Å²) in [6.45, 7) is 12.1. The summed E-state index contributed by atoms with van der Waals surface area (Å²) in [5, 5.41) is 0. The summed E-state index contributed by atoms with van der Waals surface area (Å²) in [7, 11) is 0. The van der Waals surface area contributed by atoms with Crippen LogP contribution in [-0.4, -0.2) is 0 Å². The fourth-order valence-corrected chi connectivity index (χ4v) is 2.63. The standard InChI is InChI=1S/C12H24/c1-8-6-10(3)12(5)11(4)7-9(8)2/h8-12H,6-7H2,1-5H3. The normalized spacial score (nSPS) is 50.2. The first-order valence-electron chi connectivity index (χ1n) is 5.52. The molecule has 1 aliphatic rings. The molecule has 4 unspecified atom stereocenters. The Morgan fingerprint density at radius 3 is 1.25 bits per heavy atom. The Hall–Kier alpha value is 0. The van der Waals surface area contributed by atoms with Crippen molar-refractivity contribution in [3.05, 3.63) is 0 Å². The van der Waals surface area contributed by atoms with Gasteiger partial charge in [-0.1, -0.05) is 34.6 Å². The quantitative estimate of drug-likeness (QED) is 0.480. The maximum atomic E-state index is 2.43. The number of hydrogen-bond acceptors (Lipinski definition) is 0. The minimum absolute atomic E-state index is 0.928. The van der Waals surface area contributed by atoms with Crippen molar-refractivity contribution in [1.29, 1.82) is 0 Å². The molecule has 1 rings (SSSR count). The molecule has 0 heteroatoms. The lowest BCUT2D eigenvalue weighted by Crippen LogP contribution is -2.14. The van der Waals surface area contributed by atoms with Crippen LogP contribution in [0.25, 0.3) is 0 Å². The van der Waals surface area contributed by atoms with Gasteiger partial charge in [0.05, 0.1) is 0 Å². The Labute approximate surface area is 77.7 Å². The second-order valence-corrected chi connectivity index (χ2v) is 5.24. The van der Waals surface area contributed by atoms with Crippen LogP contribution in [0.2, 0.25) is 0 Å². The minimum Gasteiger partial charge on any atom is -0.0622 e. The molecular weight excluding hydrogens is 144 g/mol. The van der Waals surface area contributed by atoms with Crippen molar-refractivity contribution in [3.63, 3.8) is 0 Å². The summed E-state index contributed by atoms with van der Waals surface area (Å²) in [6.07, 6.45) is 2.87. The van der Waals surface area contributed by atoms with E-state index >= 15 is 0 Å². The molecule has 0 bridgehead atoms. The molecule has 1 aliphatic carbocycles. The molecular formula is C12H24. The van der Waals surface area contributed by atoms with Gasteiger partial charge in [-0.2, -0.15) is 0 Å². The Bertz CT molecular complexity index is 123. The van der Waals surface area contributed by atoms with Gasteiger partial charge in [0.2, 0.25) is 0 Å². The van der Waals surface area contributed by atoms with Crippen molar-refractivity contribution in [2.75, 3.05) is 0 Å². The van der Waals surface area contributed by atoms with Crippen LogP contribution < -0.4 is 0 Å². The zero-order valence-corrected chi connectivity index (χ0v) is 9.30. The lowest BCUT2D eigenvalue weighted by Gasteiger charge is -2.22. The van der Waals surface area contributed by atoms with Crippen LogP contribution >= 0.6 is 0 Å². The monoisotopic (exact) mass is 168 g/mol. The van der Waals surface area contributed by atoms with Crippen LogP contribution in [0.15, 0.2) is 0 Å². The van der Waals surface area contributed by atoms with Crippen LogP contribution in [0.5, 0.6) is 0 Å². The Kier molecular flexibility index (Phi) is 3.20. The first-order chi connectivity index (χ1) is 5.52. The van der Waals surface area contributed by atoms with Gasteiger partial charge >= 0.3 is 0 Å². The largest absolute Gasteiger partial charge is 0.0622 e. The Morgan fingerprint density at radius 2 is 0.917 bits per heavy atom. The third-order valence-electron chi connectivity index (χ3n) is 4.25. The topological polar surface area (TPSA) is 0 Å². The molecule has 0 aliphatic heterocycles. The highest BCUT2D eigenvalue weighted by atomic mass is 14.3. The van der Waals surface area contributed by atoms with Crippen molar-refractivity contribution in [2.45, 2.75) is 47.5 Å². The van der Waals surface area contributed by atoms with Gasteiger partial charge in [0, 0.05) is 0 Å². The molecule has 72 valence electrons. The zero-order chi connectivity index (χ0) is 9.30. The smallest absolute Gasteiger partial charge is 0.0391 e. The van der Waals surface area contributed by atoms with E-state index in [1.165, 1.54) is 12.8 Å². The second kappa shape index (κ2) is 3.81. The average Bonchev–Trinajstić information content (AvgIpc) is 2.07. The summed E-state index contributed by atoms with van der Waals surface area (Å²) >= 11 is 0. The highest BCUT2D eigenvalue weighted by Crippen LogP contribution is 2.38. The zero-order valence-electron chi connectivity index (χ0n) is 9.30. The molecule has 0 aromatic rings. The average molecular weight is 168 g/mol. The molecule has 0 heterocycles. The molecule has 0 saturated heterocycles. The SMILES string of the molecule is CC1CC(C)C(C)C(C)CC1C. The van der Waals surface area contributed by atoms with Gasteiger partial charge in [-0.05, 0) is 42.4 Å². The van der Waals surface area contributed by atoms with Gasteiger partial charge in [0.25, 0.3) is 0 Å². The molecule has 0 aromatic carbocycles. The third-order valence-corrected chi connectivity index (χ3v) is 4.25. The van der Waals surface area contributed by atoms with Crippen LogP contribution in [-0.2, 0) is 0 Å². The predicted molar refractivity (Wildman–Crippen MR) is 55.1 cm³/mol. The second-order valence-electron chi connectivity index (χ2n) is 5.24. The fourth-order valence-electron chi connectivity index (χ4n) is 2.63. The van der Waals surface area contributed by atoms with E-state index in [1.807, 2.05) is 0 Å². The Morgan fingerprint density at radius 1 is 0.583 bits per heavy atom. The van der Waals surface area contributed by atoms with E-state index in [9.17, 15) is 0 Å². The van der Waals surface area contributed by atoms with E-state index in [4.69, 9.17) is 0 Å². The minimum atomic E-state index is 0.928. The molecule has 0 amide bonds. The third kappa shape index (κ3) is 2.02. The molecule has 1 saturated carbocycles. The van der Waals surface area contributed by atoms with Crippen molar-refractivity contribution in [2.24, 2.45) is 29.6 Å². The maximum Gasteiger partial charge on any atom is -0.0391 e. The van der Waals surface area contributed by atoms with Gasteiger partial charge in [-0.15, -0.1) is 0 Å². The highest BCUT2D eigenvalue weighted by Gasteiger charge is 2.28. The molecule has 0 spiro atoms. The fraction of sp³-hybridized carbons (Fsp3) is 1.00. The van der Waals surface area contributed by atoms with E-state index in [2.05, 4.69) is 34.6 Å². The molecule has 1 fully saturated rings. The predicted octanol–water partition coefficient (Wildman–Crippen LogP) is 3.96.